The van der Waals surface area contributed by atoms with Gasteiger partial charge in [-0.3, -0.25) is 4.79 Å². The number of imidazole rings is 1. The van der Waals surface area contributed by atoms with E-state index in [1.807, 2.05) is 13.0 Å². The van der Waals surface area contributed by atoms with Crippen LogP contribution in [0.5, 0.6) is 0 Å². The van der Waals surface area contributed by atoms with Crippen LogP contribution in [0.4, 0.5) is 0 Å². The number of aromatic nitrogens is 4. The number of aryl methyl sites for hydroxylation is 1. The third-order valence-electron chi connectivity index (χ3n) is 6.16. The number of sulfone groups is 1. The van der Waals surface area contributed by atoms with E-state index in [-0.39, 0.29) is 27.2 Å². The molecule has 174 valence electrons. The van der Waals surface area contributed by atoms with Gasteiger partial charge >= 0.3 is 0 Å². The summed E-state index contributed by atoms with van der Waals surface area (Å²) in [6, 6.07) is 6.74. The number of benzene rings is 1. The van der Waals surface area contributed by atoms with Crippen LogP contribution in [0.2, 0.25) is 5.02 Å². The molecule has 0 saturated carbocycles. The van der Waals surface area contributed by atoms with Gasteiger partial charge in [0.05, 0.1) is 37.3 Å². The van der Waals surface area contributed by atoms with Gasteiger partial charge in [-0.2, -0.15) is 5.26 Å². The van der Waals surface area contributed by atoms with E-state index in [0.29, 0.717) is 48.7 Å². The molecule has 9 nitrogen and oxygen atoms in total. The zero-order valence-corrected chi connectivity index (χ0v) is 19.9. The molecule has 11 heteroatoms. The molecule has 4 heterocycles. The first-order valence-electron chi connectivity index (χ1n) is 10.8. The summed E-state index contributed by atoms with van der Waals surface area (Å²) in [6.07, 6.45) is 4.72. The molecule has 1 fully saturated rings. The van der Waals surface area contributed by atoms with E-state index >= 15 is 0 Å². The highest BCUT2D eigenvalue weighted by Gasteiger charge is 2.31. The maximum atomic E-state index is 13.2. The molecule has 0 unspecified atom stereocenters. The molecule has 1 saturated heterocycles. The average Bonchev–Trinajstić information content (AvgIpc) is 3.20. The number of piperidine rings is 1. The largest absolute Gasteiger partial charge is 0.317 e. The van der Waals surface area contributed by atoms with Gasteiger partial charge in [0.15, 0.2) is 9.84 Å². The van der Waals surface area contributed by atoms with Crippen LogP contribution in [-0.2, 0) is 16.3 Å². The van der Waals surface area contributed by atoms with E-state index in [4.69, 9.17) is 11.6 Å². The van der Waals surface area contributed by atoms with Crippen molar-refractivity contribution in [3.8, 4) is 6.07 Å². The van der Waals surface area contributed by atoms with Crippen molar-refractivity contribution in [3.63, 3.8) is 0 Å². The Hall–Kier alpha value is -3.26. The fourth-order valence-corrected chi connectivity index (χ4v) is 6.64. The molecule has 5 rings (SSSR count). The fraction of sp³-hybridized carbons (Fsp3) is 0.304. The molecule has 1 aliphatic rings. The Labute approximate surface area is 200 Å². The molecule has 2 N–H and O–H groups in total. The van der Waals surface area contributed by atoms with Gasteiger partial charge in [0.25, 0.3) is 5.56 Å². The van der Waals surface area contributed by atoms with Gasteiger partial charge in [-0.1, -0.05) is 11.6 Å². The van der Waals surface area contributed by atoms with Crippen molar-refractivity contribution in [3.05, 3.63) is 68.6 Å². The van der Waals surface area contributed by atoms with Gasteiger partial charge in [-0.15, -0.1) is 0 Å². The van der Waals surface area contributed by atoms with Crippen LogP contribution in [0.15, 0.2) is 40.3 Å². The van der Waals surface area contributed by atoms with Crippen molar-refractivity contribution in [1.29, 1.82) is 5.26 Å². The number of nitrogens with zero attached hydrogens (tertiary/aromatic N) is 4. The smallest absolute Gasteiger partial charge is 0.258 e. The molecule has 0 radical (unpaired) electrons. The summed E-state index contributed by atoms with van der Waals surface area (Å²) < 4.78 is 28.2. The summed E-state index contributed by atoms with van der Waals surface area (Å²) in [4.78, 5) is 24.6. The maximum absolute atomic E-state index is 13.2. The SMILES string of the molecule is Cc1cc2nc(Cc3nc4cc(S(=O)(=O)C5CCNCC5)c(Cl)cc4c(=O)[nH]3)cn2cc1C#N. The summed E-state index contributed by atoms with van der Waals surface area (Å²) in [6.45, 7) is 3.10. The Kier molecular flexibility index (Phi) is 5.64. The molecule has 0 atom stereocenters. The lowest BCUT2D eigenvalue weighted by atomic mass is 10.2. The minimum atomic E-state index is -3.66. The van der Waals surface area contributed by atoms with E-state index in [9.17, 15) is 18.5 Å². The second-order valence-corrected chi connectivity index (χ2v) is 11.1. The third kappa shape index (κ3) is 3.96. The molecule has 34 heavy (non-hydrogen) atoms. The zero-order valence-electron chi connectivity index (χ0n) is 18.3. The van der Waals surface area contributed by atoms with Crippen LogP contribution in [0, 0.1) is 18.3 Å². The number of rotatable bonds is 4. The Morgan fingerprint density at radius 1 is 1.21 bits per heavy atom. The van der Waals surface area contributed by atoms with Crippen molar-refractivity contribution in [2.24, 2.45) is 0 Å². The predicted octanol–water partition coefficient (Wildman–Crippen LogP) is 2.52. The molecule has 0 aliphatic carbocycles. The number of halogens is 1. The van der Waals surface area contributed by atoms with Gasteiger partial charge in [0, 0.05) is 18.8 Å². The highest BCUT2D eigenvalue weighted by Crippen LogP contribution is 2.31. The molecule has 1 aliphatic heterocycles. The third-order valence-corrected chi connectivity index (χ3v) is 8.88. The Morgan fingerprint density at radius 2 is 1.97 bits per heavy atom. The van der Waals surface area contributed by atoms with E-state index in [2.05, 4.69) is 26.3 Å². The van der Waals surface area contributed by atoms with Gasteiger partial charge in [0.1, 0.15) is 17.5 Å². The van der Waals surface area contributed by atoms with Gasteiger partial charge in [-0.25, -0.2) is 18.4 Å². The molecule has 0 spiro atoms. The Morgan fingerprint density at radius 3 is 2.71 bits per heavy atom. The summed E-state index contributed by atoms with van der Waals surface area (Å²) in [7, 11) is -3.66. The van der Waals surface area contributed by atoms with Crippen LogP contribution < -0.4 is 10.9 Å². The van der Waals surface area contributed by atoms with E-state index in [0.717, 1.165) is 5.56 Å². The van der Waals surface area contributed by atoms with Gasteiger partial charge < -0.3 is 14.7 Å². The van der Waals surface area contributed by atoms with Crippen molar-refractivity contribution in [2.75, 3.05) is 13.1 Å². The Bertz CT molecular complexity index is 1650. The lowest BCUT2D eigenvalue weighted by molar-refractivity contribution is 0.496. The quantitative estimate of drug-likeness (QED) is 0.443. The minimum absolute atomic E-state index is 0.00450. The topological polar surface area (TPSA) is 133 Å². The average molecular weight is 497 g/mol. The standard InChI is InChI=1S/C23H21ClN6O3S/c1-13-6-22-27-15(12-30(22)11-14(13)10-25)7-21-28-19-9-20(18(24)8-17(19)23(31)29-21)34(32,33)16-2-4-26-5-3-16/h6,8-9,11-12,16,26H,2-5,7H2,1H3,(H,28,29,31). The summed E-state index contributed by atoms with van der Waals surface area (Å²) in [5, 5.41) is 12.1. The molecule has 4 aromatic rings. The predicted molar refractivity (Wildman–Crippen MR) is 128 cm³/mol. The van der Waals surface area contributed by atoms with Crippen LogP contribution >= 0.6 is 11.6 Å². The normalized spacial score (nSPS) is 15.1. The molecule has 0 amide bonds. The van der Waals surface area contributed by atoms with E-state index in [1.54, 1.807) is 16.8 Å². The second-order valence-electron chi connectivity index (χ2n) is 8.46. The van der Waals surface area contributed by atoms with Crippen LogP contribution in [-0.4, -0.2) is 46.1 Å². The number of H-pyrrole nitrogens is 1. The number of pyridine rings is 1. The number of nitrogens with one attached hydrogen (secondary N) is 2. The van der Waals surface area contributed by atoms with Crippen molar-refractivity contribution in [1.82, 2.24) is 24.7 Å². The van der Waals surface area contributed by atoms with Crippen LogP contribution in [0.25, 0.3) is 16.6 Å². The molecule has 1 aromatic carbocycles. The molecule has 0 bridgehead atoms. The monoisotopic (exact) mass is 496 g/mol. The summed E-state index contributed by atoms with van der Waals surface area (Å²) >= 11 is 6.32. The van der Waals surface area contributed by atoms with Crippen LogP contribution in [0.3, 0.4) is 0 Å². The van der Waals surface area contributed by atoms with Crippen LogP contribution in [0.1, 0.15) is 35.5 Å². The minimum Gasteiger partial charge on any atom is -0.317 e. The van der Waals surface area contributed by atoms with Crippen molar-refractivity contribution < 1.29 is 8.42 Å². The zero-order chi connectivity index (χ0) is 24.0. The number of fused-ring (bicyclic) bond motifs is 2. The summed E-state index contributed by atoms with van der Waals surface area (Å²) in [5.74, 6) is 0.352. The number of hydrogen-bond donors (Lipinski definition) is 2. The second kappa shape index (κ2) is 8.51. The van der Waals surface area contributed by atoms with Crippen molar-refractivity contribution >= 4 is 38.0 Å². The van der Waals surface area contributed by atoms with Gasteiger partial charge in [-0.05, 0) is 56.6 Å². The molecular weight excluding hydrogens is 476 g/mol. The first kappa shape index (κ1) is 22.5. The fourth-order valence-electron chi connectivity index (χ4n) is 4.33. The number of nitriles is 1. The summed E-state index contributed by atoms with van der Waals surface area (Å²) in [5.41, 5.74) is 2.56. The highest BCUT2D eigenvalue weighted by molar-refractivity contribution is 7.92. The highest BCUT2D eigenvalue weighted by atomic mass is 35.5. The first-order valence-corrected chi connectivity index (χ1v) is 12.7. The molecular formula is C23H21ClN6O3S. The van der Waals surface area contributed by atoms with E-state index in [1.165, 1.54) is 12.1 Å². The Balaban J connectivity index is 1.54. The first-order chi connectivity index (χ1) is 16.3. The number of hydrogen-bond acceptors (Lipinski definition) is 7. The number of aromatic amines is 1. The lowest BCUT2D eigenvalue weighted by Gasteiger charge is -2.23. The maximum Gasteiger partial charge on any atom is 0.258 e. The molecule has 3 aromatic heterocycles. The van der Waals surface area contributed by atoms with E-state index < -0.39 is 20.6 Å². The van der Waals surface area contributed by atoms with Crippen molar-refractivity contribution in [2.45, 2.75) is 36.3 Å². The lowest BCUT2D eigenvalue weighted by Crippen LogP contribution is -2.35. The van der Waals surface area contributed by atoms with Gasteiger partial charge in [0.2, 0.25) is 0 Å².